The highest BCUT2D eigenvalue weighted by atomic mass is 16.2. The van der Waals surface area contributed by atoms with Crippen LogP contribution >= 0.6 is 0 Å². The van der Waals surface area contributed by atoms with Crippen LogP contribution in [-0.4, -0.2) is 10.9 Å². The van der Waals surface area contributed by atoms with Gasteiger partial charge in [0.25, 0.3) is 0 Å². The highest BCUT2D eigenvalue weighted by Crippen LogP contribution is 2.28. The molecule has 0 aliphatic carbocycles. The third kappa shape index (κ3) is 4.37. The van der Waals surface area contributed by atoms with Gasteiger partial charge in [0.05, 0.1) is 0 Å². The lowest BCUT2D eigenvalue weighted by Crippen LogP contribution is -2.36. The molecule has 0 saturated heterocycles. The summed E-state index contributed by atoms with van der Waals surface area (Å²) in [6, 6.07) is 11.3. The van der Waals surface area contributed by atoms with Gasteiger partial charge in [0.2, 0.25) is 5.91 Å². The number of carbonyl (C=O) groups excluding carboxylic acids is 1. The molecule has 0 radical (unpaired) electrons. The Labute approximate surface area is 147 Å². The highest BCUT2D eigenvalue weighted by Gasteiger charge is 2.35. The van der Waals surface area contributed by atoms with E-state index in [-0.39, 0.29) is 0 Å². The molecule has 0 aliphatic rings. The van der Waals surface area contributed by atoms with Crippen molar-refractivity contribution in [2.45, 2.75) is 39.7 Å². The second-order valence-electron chi connectivity index (χ2n) is 6.68. The normalized spacial score (nSPS) is 13.0. The van der Waals surface area contributed by atoms with E-state index in [1.807, 2.05) is 37.3 Å². The van der Waals surface area contributed by atoms with Crippen molar-refractivity contribution in [2.24, 2.45) is 11.0 Å². The Morgan fingerprint density at radius 3 is 2.56 bits per heavy atom. The molecule has 6 heteroatoms. The van der Waals surface area contributed by atoms with Crippen molar-refractivity contribution >= 4 is 11.7 Å². The third-order valence-corrected chi connectivity index (χ3v) is 4.09. The van der Waals surface area contributed by atoms with Crippen LogP contribution in [-0.2, 0) is 16.8 Å². The number of anilines is 1. The molecule has 25 heavy (non-hydrogen) atoms. The van der Waals surface area contributed by atoms with Crippen molar-refractivity contribution in [1.82, 2.24) is 4.98 Å². The van der Waals surface area contributed by atoms with E-state index in [4.69, 9.17) is 5.53 Å². The maximum atomic E-state index is 12.8. The molecule has 0 saturated carbocycles. The minimum Gasteiger partial charge on any atom is -0.310 e. The Hall–Kier alpha value is -2.85. The summed E-state index contributed by atoms with van der Waals surface area (Å²) >= 11 is 0. The molecule has 0 aliphatic heterocycles. The molecule has 1 atom stereocenters. The van der Waals surface area contributed by atoms with Crippen LogP contribution in [0, 0.1) is 12.8 Å². The predicted octanol–water partition coefficient (Wildman–Crippen LogP) is 4.75. The number of rotatable bonds is 6. The Morgan fingerprint density at radius 1 is 1.32 bits per heavy atom. The standard InChI is InChI=1S/C19H23N5O/c1-13(2)12-15-7-9-16(10-8-15)19(4,23-24-20)18(25)22-17-14(3)6-5-11-21-17/h5-11,13H,12H2,1-4H3,(H,21,22,25)/t19-/m0/s1. The van der Waals surface area contributed by atoms with Gasteiger partial charge in [-0.05, 0) is 54.5 Å². The molecule has 0 bridgehead atoms. The van der Waals surface area contributed by atoms with Crippen LogP contribution in [0.15, 0.2) is 47.7 Å². The van der Waals surface area contributed by atoms with E-state index in [0.717, 1.165) is 12.0 Å². The van der Waals surface area contributed by atoms with E-state index < -0.39 is 11.4 Å². The number of hydrogen-bond acceptors (Lipinski definition) is 3. The largest absolute Gasteiger partial charge is 0.310 e. The van der Waals surface area contributed by atoms with Gasteiger partial charge < -0.3 is 5.32 Å². The van der Waals surface area contributed by atoms with E-state index in [2.05, 4.69) is 34.2 Å². The quantitative estimate of drug-likeness (QED) is 0.468. The first-order chi connectivity index (χ1) is 11.9. The Kier molecular flexibility index (Phi) is 5.78. The second kappa shape index (κ2) is 7.81. The molecular weight excluding hydrogens is 314 g/mol. The molecule has 1 heterocycles. The highest BCUT2D eigenvalue weighted by molar-refractivity contribution is 5.98. The van der Waals surface area contributed by atoms with Crippen LogP contribution in [0.1, 0.15) is 37.5 Å². The fourth-order valence-corrected chi connectivity index (χ4v) is 2.61. The lowest BCUT2D eigenvalue weighted by Gasteiger charge is -2.24. The molecular formula is C19H23N5O. The molecule has 1 aromatic carbocycles. The first-order valence-electron chi connectivity index (χ1n) is 8.25. The number of carbonyl (C=O) groups is 1. The fourth-order valence-electron chi connectivity index (χ4n) is 2.61. The van der Waals surface area contributed by atoms with Crippen LogP contribution in [0.5, 0.6) is 0 Å². The number of benzene rings is 1. The molecule has 1 amide bonds. The summed E-state index contributed by atoms with van der Waals surface area (Å²) in [5.41, 5.74) is 10.3. The molecule has 0 fully saturated rings. The summed E-state index contributed by atoms with van der Waals surface area (Å²) in [5.74, 6) is 0.594. The average molecular weight is 337 g/mol. The first-order valence-corrected chi connectivity index (χ1v) is 8.25. The van der Waals surface area contributed by atoms with Crippen molar-refractivity contribution in [2.75, 3.05) is 5.32 Å². The smallest absolute Gasteiger partial charge is 0.241 e. The van der Waals surface area contributed by atoms with E-state index >= 15 is 0 Å². The number of nitrogens with zero attached hydrogens (tertiary/aromatic N) is 4. The van der Waals surface area contributed by atoms with E-state index in [1.165, 1.54) is 5.56 Å². The second-order valence-corrected chi connectivity index (χ2v) is 6.68. The number of nitrogens with one attached hydrogen (secondary N) is 1. The van der Waals surface area contributed by atoms with Crippen molar-refractivity contribution in [3.8, 4) is 0 Å². The van der Waals surface area contributed by atoms with E-state index in [9.17, 15) is 4.79 Å². The molecule has 2 aromatic rings. The molecule has 1 N–H and O–H groups in total. The van der Waals surface area contributed by atoms with E-state index in [1.54, 1.807) is 19.2 Å². The van der Waals surface area contributed by atoms with Crippen molar-refractivity contribution in [3.05, 3.63) is 69.7 Å². The van der Waals surface area contributed by atoms with Gasteiger partial charge in [0.15, 0.2) is 0 Å². The SMILES string of the molecule is Cc1cccnc1NC(=O)[C@@](C)(N=[N+]=[N-])c1ccc(CC(C)C)cc1. The summed E-state index contributed by atoms with van der Waals surface area (Å²) in [6.45, 7) is 7.77. The maximum absolute atomic E-state index is 12.8. The van der Waals surface area contributed by atoms with Gasteiger partial charge in [-0.3, -0.25) is 4.79 Å². The van der Waals surface area contributed by atoms with Crippen molar-refractivity contribution < 1.29 is 4.79 Å². The molecule has 1 aromatic heterocycles. The summed E-state index contributed by atoms with van der Waals surface area (Å²) in [5, 5.41) is 6.55. The molecule has 0 unspecified atom stereocenters. The number of amides is 1. The Bertz CT molecular complexity index is 794. The minimum absolute atomic E-state index is 0.413. The van der Waals surface area contributed by atoms with E-state index in [0.29, 0.717) is 17.3 Å². The number of aromatic nitrogens is 1. The average Bonchev–Trinajstić information content (AvgIpc) is 2.57. The van der Waals surface area contributed by atoms with Crippen LogP contribution in [0.4, 0.5) is 5.82 Å². The number of hydrogen-bond donors (Lipinski definition) is 1. The summed E-state index contributed by atoms with van der Waals surface area (Å²) in [4.78, 5) is 19.9. The van der Waals surface area contributed by atoms with Gasteiger partial charge in [-0.2, -0.15) is 0 Å². The van der Waals surface area contributed by atoms with Crippen LogP contribution in [0.2, 0.25) is 0 Å². The molecule has 6 nitrogen and oxygen atoms in total. The van der Waals surface area contributed by atoms with Gasteiger partial charge >= 0.3 is 0 Å². The molecule has 0 spiro atoms. The Balaban J connectivity index is 2.32. The first kappa shape index (κ1) is 18.5. The van der Waals surface area contributed by atoms with Crippen molar-refractivity contribution in [1.29, 1.82) is 0 Å². The summed E-state index contributed by atoms with van der Waals surface area (Å²) in [7, 11) is 0. The van der Waals surface area contributed by atoms with Crippen LogP contribution in [0.25, 0.3) is 10.4 Å². The zero-order valence-corrected chi connectivity index (χ0v) is 15.0. The molecule has 2 rings (SSSR count). The van der Waals surface area contributed by atoms with Gasteiger partial charge in [-0.25, -0.2) is 4.98 Å². The van der Waals surface area contributed by atoms with Crippen molar-refractivity contribution in [3.63, 3.8) is 0 Å². The fraction of sp³-hybridized carbons (Fsp3) is 0.368. The van der Waals surface area contributed by atoms with Gasteiger partial charge in [0.1, 0.15) is 11.4 Å². The summed E-state index contributed by atoms with van der Waals surface area (Å²) in [6.07, 6.45) is 2.56. The topological polar surface area (TPSA) is 90.8 Å². The number of aryl methyl sites for hydroxylation is 1. The molecule has 130 valence electrons. The van der Waals surface area contributed by atoms with Crippen LogP contribution in [0.3, 0.4) is 0 Å². The maximum Gasteiger partial charge on any atom is 0.241 e. The predicted molar refractivity (Wildman–Crippen MR) is 99.1 cm³/mol. The summed E-state index contributed by atoms with van der Waals surface area (Å²) < 4.78 is 0. The third-order valence-electron chi connectivity index (χ3n) is 4.09. The van der Waals surface area contributed by atoms with Gasteiger partial charge in [0, 0.05) is 11.1 Å². The zero-order valence-electron chi connectivity index (χ0n) is 15.0. The zero-order chi connectivity index (χ0) is 18.4. The monoisotopic (exact) mass is 337 g/mol. The number of azide groups is 1. The minimum atomic E-state index is -1.35. The van der Waals surface area contributed by atoms with Gasteiger partial charge in [-0.1, -0.05) is 49.3 Å². The van der Waals surface area contributed by atoms with Crippen LogP contribution < -0.4 is 5.32 Å². The lowest BCUT2D eigenvalue weighted by molar-refractivity contribution is -0.120. The number of pyridine rings is 1. The Morgan fingerprint density at radius 2 is 2.00 bits per heavy atom. The van der Waals surface area contributed by atoms with Gasteiger partial charge in [-0.15, -0.1) is 0 Å². The lowest BCUT2D eigenvalue weighted by atomic mass is 9.90.